The van der Waals surface area contributed by atoms with Gasteiger partial charge in [0.1, 0.15) is 0 Å². The van der Waals surface area contributed by atoms with Crippen LogP contribution in [0.4, 0.5) is 0 Å². The molecular formula is C13H14. The summed E-state index contributed by atoms with van der Waals surface area (Å²) >= 11 is 0. The highest BCUT2D eigenvalue weighted by Crippen LogP contribution is 2.26. The maximum Gasteiger partial charge on any atom is -0.0192 e. The Kier molecular flexibility index (Phi) is 2.05. The van der Waals surface area contributed by atoms with E-state index in [-0.39, 0.29) is 0 Å². The van der Waals surface area contributed by atoms with Gasteiger partial charge in [-0.25, -0.2) is 0 Å². The van der Waals surface area contributed by atoms with Gasteiger partial charge in [-0.05, 0) is 42.0 Å². The van der Waals surface area contributed by atoms with Crippen molar-refractivity contribution in [1.82, 2.24) is 0 Å². The van der Waals surface area contributed by atoms with E-state index in [1.54, 1.807) is 0 Å². The lowest BCUT2D eigenvalue weighted by atomic mass is 9.90. The number of fused-ring (bicyclic) bond motifs is 1. The first-order valence-electron chi connectivity index (χ1n) is 4.73. The van der Waals surface area contributed by atoms with Crippen LogP contribution in [0.3, 0.4) is 0 Å². The largest absolute Gasteiger partial charge is 0.0988 e. The summed E-state index contributed by atoms with van der Waals surface area (Å²) in [6.07, 6.45) is 6.53. The van der Waals surface area contributed by atoms with E-state index in [4.69, 9.17) is 0 Å². The summed E-state index contributed by atoms with van der Waals surface area (Å²) in [6.45, 7) is 5.99. The SMILES string of the molecule is C=CC1=Cc2c(C)cccc2CC1. The Hall–Kier alpha value is -1.30. The Labute approximate surface area is 79.6 Å². The van der Waals surface area contributed by atoms with Gasteiger partial charge in [0, 0.05) is 0 Å². The number of hydrogen-bond donors (Lipinski definition) is 0. The Bertz CT molecular complexity index is 370. The van der Waals surface area contributed by atoms with E-state index in [2.05, 4.69) is 37.8 Å². The average molecular weight is 170 g/mol. The van der Waals surface area contributed by atoms with Crippen LogP contribution in [0.5, 0.6) is 0 Å². The maximum atomic E-state index is 3.82. The average Bonchev–Trinajstić information content (AvgIpc) is 2.18. The Morgan fingerprint density at radius 2 is 2.15 bits per heavy atom. The van der Waals surface area contributed by atoms with Crippen LogP contribution in [-0.4, -0.2) is 0 Å². The van der Waals surface area contributed by atoms with Crippen molar-refractivity contribution in [3.8, 4) is 0 Å². The molecule has 0 atom stereocenters. The van der Waals surface area contributed by atoms with Gasteiger partial charge < -0.3 is 0 Å². The molecule has 2 rings (SSSR count). The summed E-state index contributed by atoms with van der Waals surface area (Å²) < 4.78 is 0. The highest BCUT2D eigenvalue weighted by molar-refractivity contribution is 5.64. The van der Waals surface area contributed by atoms with Crippen LogP contribution in [0.15, 0.2) is 36.4 Å². The van der Waals surface area contributed by atoms with Crippen LogP contribution >= 0.6 is 0 Å². The van der Waals surface area contributed by atoms with Gasteiger partial charge in [-0.15, -0.1) is 0 Å². The number of aryl methyl sites for hydroxylation is 2. The second kappa shape index (κ2) is 3.21. The molecule has 0 saturated heterocycles. The molecule has 0 heterocycles. The number of benzene rings is 1. The lowest BCUT2D eigenvalue weighted by molar-refractivity contribution is 0.947. The fourth-order valence-electron chi connectivity index (χ4n) is 1.86. The molecule has 1 aliphatic rings. The second-order valence-electron chi connectivity index (χ2n) is 3.57. The molecule has 0 aliphatic heterocycles. The van der Waals surface area contributed by atoms with Crippen molar-refractivity contribution in [3.05, 3.63) is 53.1 Å². The monoisotopic (exact) mass is 170 g/mol. The zero-order valence-electron chi connectivity index (χ0n) is 8.01. The third-order valence-electron chi connectivity index (χ3n) is 2.69. The molecule has 0 nitrogen and oxygen atoms in total. The molecule has 0 heteroatoms. The lowest BCUT2D eigenvalue weighted by Gasteiger charge is -2.15. The van der Waals surface area contributed by atoms with Crippen LogP contribution in [0.1, 0.15) is 23.1 Å². The number of rotatable bonds is 1. The molecule has 0 radical (unpaired) electrons. The maximum absolute atomic E-state index is 3.82. The Balaban J connectivity index is 2.55. The van der Waals surface area contributed by atoms with Gasteiger partial charge in [0.2, 0.25) is 0 Å². The van der Waals surface area contributed by atoms with Gasteiger partial charge in [0.15, 0.2) is 0 Å². The van der Waals surface area contributed by atoms with Crippen molar-refractivity contribution in [2.45, 2.75) is 19.8 Å². The van der Waals surface area contributed by atoms with E-state index in [1.807, 2.05) is 6.08 Å². The molecule has 0 fully saturated rings. The minimum Gasteiger partial charge on any atom is -0.0988 e. The topological polar surface area (TPSA) is 0 Å². The third-order valence-corrected chi connectivity index (χ3v) is 2.69. The van der Waals surface area contributed by atoms with Crippen molar-refractivity contribution >= 4 is 6.08 Å². The van der Waals surface area contributed by atoms with E-state index in [0.717, 1.165) is 12.8 Å². The zero-order chi connectivity index (χ0) is 9.26. The first kappa shape index (κ1) is 8.31. The van der Waals surface area contributed by atoms with Crippen molar-refractivity contribution in [1.29, 1.82) is 0 Å². The van der Waals surface area contributed by atoms with E-state index >= 15 is 0 Å². The molecule has 1 aliphatic carbocycles. The Morgan fingerprint density at radius 3 is 2.92 bits per heavy atom. The van der Waals surface area contributed by atoms with Crippen molar-refractivity contribution in [2.75, 3.05) is 0 Å². The van der Waals surface area contributed by atoms with E-state index < -0.39 is 0 Å². The summed E-state index contributed by atoms with van der Waals surface area (Å²) in [5.41, 5.74) is 5.62. The fraction of sp³-hybridized carbons (Fsp3) is 0.231. The molecule has 66 valence electrons. The van der Waals surface area contributed by atoms with E-state index in [1.165, 1.54) is 22.3 Å². The minimum atomic E-state index is 1.14. The summed E-state index contributed by atoms with van der Waals surface area (Å²) in [7, 11) is 0. The minimum absolute atomic E-state index is 1.14. The summed E-state index contributed by atoms with van der Waals surface area (Å²) in [6, 6.07) is 6.53. The van der Waals surface area contributed by atoms with Gasteiger partial charge in [0.05, 0.1) is 0 Å². The molecule has 0 bridgehead atoms. The van der Waals surface area contributed by atoms with E-state index in [0.29, 0.717) is 0 Å². The van der Waals surface area contributed by atoms with Gasteiger partial charge in [0.25, 0.3) is 0 Å². The van der Waals surface area contributed by atoms with Crippen LogP contribution in [0.2, 0.25) is 0 Å². The predicted octanol–water partition coefficient (Wildman–Crippen LogP) is 3.51. The van der Waals surface area contributed by atoms with Gasteiger partial charge >= 0.3 is 0 Å². The highest BCUT2D eigenvalue weighted by atomic mass is 14.1. The molecule has 1 aromatic carbocycles. The molecule has 0 amide bonds. The normalized spacial score (nSPS) is 14.7. The molecule has 1 aromatic rings. The van der Waals surface area contributed by atoms with Crippen LogP contribution in [0.25, 0.3) is 6.08 Å². The molecule has 0 aromatic heterocycles. The lowest BCUT2D eigenvalue weighted by Crippen LogP contribution is -1.99. The summed E-state index contributed by atoms with van der Waals surface area (Å²) in [5.74, 6) is 0. The molecule has 0 N–H and O–H groups in total. The first-order chi connectivity index (χ1) is 6.31. The fourth-order valence-corrected chi connectivity index (χ4v) is 1.86. The second-order valence-corrected chi connectivity index (χ2v) is 3.57. The number of hydrogen-bond acceptors (Lipinski definition) is 0. The van der Waals surface area contributed by atoms with Gasteiger partial charge in [-0.2, -0.15) is 0 Å². The predicted molar refractivity (Wildman–Crippen MR) is 57.7 cm³/mol. The van der Waals surface area contributed by atoms with E-state index in [9.17, 15) is 0 Å². The van der Waals surface area contributed by atoms with Crippen molar-refractivity contribution in [2.24, 2.45) is 0 Å². The van der Waals surface area contributed by atoms with Crippen LogP contribution < -0.4 is 0 Å². The third kappa shape index (κ3) is 1.44. The molecule has 0 saturated carbocycles. The molecular weight excluding hydrogens is 156 g/mol. The molecule has 0 spiro atoms. The van der Waals surface area contributed by atoms with Crippen molar-refractivity contribution in [3.63, 3.8) is 0 Å². The van der Waals surface area contributed by atoms with Crippen molar-refractivity contribution < 1.29 is 0 Å². The smallest absolute Gasteiger partial charge is 0.0192 e. The quantitative estimate of drug-likeness (QED) is 0.605. The standard InChI is InChI=1S/C13H14/c1-3-11-7-8-12-6-4-5-10(2)13(12)9-11/h3-6,9H,1,7-8H2,2H3. The molecule has 0 unspecified atom stereocenters. The molecule has 13 heavy (non-hydrogen) atoms. The first-order valence-corrected chi connectivity index (χ1v) is 4.73. The van der Waals surface area contributed by atoms with Gasteiger partial charge in [-0.3, -0.25) is 0 Å². The summed E-state index contributed by atoms with van der Waals surface area (Å²) in [4.78, 5) is 0. The van der Waals surface area contributed by atoms with Crippen LogP contribution in [0, 0.1) is 6.92 Å². The zero-order valence-corrected chi connectivity index (χ0v) is 8.01. The van der Waals surface area contributed by atoms with Crippen LogP contribution in [-0.2, 0) is 6.42 Å². The highest BCUT2D eigenvalue weighted by Gasteiger charge is 2.09. The van der Waals surface area contributed by atoms with Gasteiger partial charge in [-0.1, -0.05) is 36.9 Å². The Morgan fingerprint density at radius 1 is 1.31 bits per heavy atom. The number of allylic oxidation sites excluding steroid dienone is 2. The summed E-state index contributed by atoms with van der Waals surface area (Å²) in [5, 5.41) is 0.